The molecule has 0 aliphatic carbocycles. The van der Waals surface area contributed by atoms with Gasteiger partial charge >= 0.3 is 0 Å². The van der Waals surface area contributed by atoms with Gasteiger partial charge in [0, 0.05) is 31.8 Å². The normalized spacial score (nSPS) is 11.8. The van der Waals surface area contributed by atoms with Crippen molar-refractivity contribution >= 4 is 27.4 Å². The Morgan fingerprint density at radius 1 is 1.06 bits per heavy atom. The number of aryl methyl sites for hydroxylation is 1. The fourth-order valence-electron chi connectivity index (χ4n) is 3.68. The van der Waals surface area contributed by atoms with Crippen LogP contribution in [-0.4, -0.2) is 41.6 Å². The van der Waals surface area contributed by atoms with Gasteiger partial charge in [0.25, 0.3) is 0 Å². The van der Waals surface area contributed by atoms with E-state index in [0.29, 0.717) is 17.9 Å². The zero-order chi connectivity index (χ0) is 24.3. The molecule has 0 unspecified atom stereocenters. The number of nitrogens with one attached hydrogen (secondary N) is 1. The molecule has 0 atom stereocenters. The highest BCUT2D eigenvalue weighted by atomic mass is 32.2. The molecule has 4 rings (SSSR count). The molecule has 0 spiro atoms. The van der Waals surface area contributed by atoms with Gasteiger partial charge in [-0.05, 0) is 49.2 Å². The topological polar surface area (TPSA) is 83.8 Å². The molecule has 4 aromatic rings. The van der Waals surface area contributed by atoms with E-state index >= 15 is 0 Å². The highest BCUT2D eigenvalue weighted by molar-refractivity contribution is 7.89. The van der Waals surface area contributed by atoms with Crippen molar-refractivity contribution in [3.8, 4) is 11.3 Å². The summed E-state index contributed by atoms with van der Waals surface area (Å²) in [7, 11) is -2.32. The average Bonchev–Trinajstić information content (AvgIpc) is 3.19. The Labute approximate surface area is 197 Å². The van der Waals surface area contributed by atoms with Crippen LogP contribution in [0.25, 0.3) is 16.9 Å². The lowest BCUT2D eigenvalue weighted by molar-refractivity contribution is -0.116. The van der Waals surface area contributed by atoms with Gasteiger partial charge in [-0.1, -0.05) is 36.4 Å². The number of imidazole rings is 1. The van der Waals surface area contributed by atoms with E-state index in [2.05, 4.69) is 5.32 Å². The number of aromatic nitrogens is 2. The number of nitrogens with zero attached hydrogens (tertiary/aromatic N) is 3. The minimum Gasteiger partial charge on any atom is -0.310 e. The van der Waals surface area contributed by atoms with E-state index in [1.165, 1.54) is 23.5 Å². The first-order valence-corrected chi connectivity index (χ1v) is 12.3. The molecular weight excluding hydrogens is 455 g/mol. The lowest BCUT2D eigenvalue weighted by atomic mass is 10.1. The number of hydrogen-bond donors (Lipinski definition) is 1. The number of sulfonamides is 1. The van der Waals surface area contributed by atoms with Gasteiger partial charge < -0.3 is 5.32 Å². The molecule has 0 aliphatic heterocycles. The third-order valence-electron chi connectivity index (χ3n) is 5.55. The van der Waals surface area contributed by atoms with E-state index in [1.54, 1.807) is 0 Å². The SMILES string of the molecule is Cc1cccn2c(NC(=O)CCCN(C)S(=O)(=O)c3ccc(F)cc3)c(-c3ccccc3)nc12. The highest BCUT2D eigenvalue weighted by Crippen LogP contribution is 2.30. The maximum absolute atomic E-state index is 13.1. The summed E-state index contributed by atoms with van der Waals surface area (Å²) >= 11 is 0. The van der Waals surface area contributed by atoms with Crippen LogP contribution in [-0.2, 0) is 14.8 Å². The van der Waals surface area contributed by atoms with Crippen molar-refractivity contribution in [2.45, 2.75) is 24.7 Å². The van der Waals surface area contributed by atoms with Gasteiger partial charge in [-0.25, -0.2) is 22.1 Å². The molecule has 1 amide bonds. The van der Waals surface area contributed by atoms with Crippen molar-refractivity contribution in [1.82, 2.24) is 13.7 Å². The van der Waals surface area contributed by atoms with Crippen LogP contribution in [0.2, 0.25) is 0 Å². The Morgan fingerprint density at radius 3 is 2.47 bits per heavy atom. The van der Waals surface area contributed by atoms with Crippen molar-refractivity contribution in [3.05, 3.63) is 84.3 Å². The molecule has 0 aliphatic rings. The predicted molar refractivity (Wildman–Crippen MR) is 129 cm³/mol. The second kappa shape index (κ2) is 9.74. The van der Waals surface area contributed by atoms with Gasteiger partial charge in [0.05, 0.1) is 4.90 Å². The zero-order valence-corrected chi connectivity index (χ0v) is 19.7. The lowest BCUT2D eigenvalue weighted by Gasteiger charge is -2.17. The zero-order valence-electron chi connectivity index (χ0n) is 18.9. The molecule has 9 heteroatoms. The molecule has 2 aromatic carbocycles. The molecule has 0 saturated carbocycles. The van der Waals surface area contributed by atoms with Gasteiger partial charge in [0.15, 0.2) is 0 Å². The minimum absolute atomic E-state index is 0.00875. The number of carbonyl (C=O) groups is 1. The van der Waals surface area contributed by atoms with Crippen LogP contribution in [0.15, 0.2) is 77.8 Å². The van der Waals surface area contributed by atoms with Crippen LogP contribution >= 0.6 is 0 Å². The quantitative estimate of drug-likeness (QED) is 0.403. The number of amides is 1. The molecule has 7 nitrogen and oxygen atoms in total. The molecule has 0 radical (unpaired) electrons. The first kappa shape index (κ1) is 23.6. The maximum atomic E-state index is 13.1. The van der Waals surface area contributed by atoms with E-state index in [9.17, 15) is 17.6 Å². The molecule has 1 N–H and O–H groups in total. The van der Waals surface area contributed by atoms with Crippen LogP contribution in [0.4, 0.5) is 10.2 Å². The highest BCUT2D eigenvalue weighted by Gasteiger charge is 2.21. The fraction of sp³-hybridized carbons (Fsp3) is 0.200. The van der Waals surface area contributed by atoms with E-state index in [-0.39, 0.29) is 23.8 Å². The molecule has 0 bridgehead atoms. The smallest absolute Gasteiger partial charge is 0.242 e. The number of pyridine rings is 1. The van der Waals surface area contributed by atoms with Gasteiger partial charge in [-0.15, -0.1) is 0 Å². The summed E-state index contributed by atoms with van der Waals surface area (Å²) in [5, 5.41) is 2.96. The molecule has 0 fully saturated rings. The second-order valence-corrected chi connectivity index (χ2v) is 10.0. The molecule has 34 heavy (non-hydrogen) atoms. The first-order valence-electron chi connectivity index (χ1n) is 10.8. The molecule has 2 heterocycles. The monoisotopic (exact) mass is 480 g/mol. The summed E-state index contributed by atoms with van der Waals surface area (Å²) in [4.78, 5) is 17.6. The summed E-state index contributed by atoms with van der Waals surface area (Å²) in [6.45, 7) is 2.10. The number of halogens is 1. The van der Waals surface area contributed by atoms with Gasteiger partial charge in [-0.3, -0.25) is 9.20 Å². The average molecular weight is 481 g/mol. The Balaban J connectivity index is 1.47. The maximum Gasteiger partial charge on any atom is 0.242 e. The molecular formula is C25H25FN4O3S. The van der Waals surface area contributed by atoms with Gasteiger partial charge in [-0.2, -0.15) is 0 Å². The van der Waals surface area contributed by atoms with E-state index in [0.717, 1.165) is 28.9 Å². The Kier molecular flexibility index (Phi) is 6.76. The summed E-state index contributed by atoms with van der Waals surface area (Å²) in [5.41, 5.74) is 3.28. The lowest BCUT2D eigenvalue weighted by Crippen LogP contribution is -2.28. The van der Waals surface area contributed by atoms with E-state index in [1.807, 2.05) is 60.0 Å². The summed E-state index contributed by atoms with van der Waals surface area (Å²) in [6.07, 6.45) is 2.29. The van der Waals surface area contributed by atoms with Crippen molar-refractivity contribution in [3.63, 3.8) is 0 Å². The van der Waals surface area contributed by atoms with Crippen molar-refractivity contribution in [1.29, 1.82) is 0 Å². The molecule has 0 saturated heterocycles. The third kappa shape index (κ3) is 4.85. The van der Waals surface area contributed by atoms with Crippen molar-refractivity contribution in [2.75, 3.05) is 18.9 Å². The van der Waals surface area contributed by atoms with Crippen LogP contribution in [0.3, 0.4) is 0 Å². The number of carbonyl (C=O) groups excluding carboxylic acids is 1. The molecule has 176 valence electrons. The van der Waals surface area contributed by atoms with Crippen LogP contribution in [0.1, 0.15) is 18.4 Å². The summed E-state index contributed by atoms with van der Waals surface area (Å²) < 4.78 is 41.4. The van der Waals surface area contributed by atoms with E-state index < -0.39 is 15.8 Å². The van der Waals surface area contributed by atoms with E-state index in [4.69, 9.17) is 4.98 Å². The third-order valence-corrected chi connectivity index (χ3v) is 7.42. The van der Waals surface area contributed by atoms with Crippen LogP contribution < -0.4 is 5.32 Å². The second-order valence-electron chi connectivity index (χ2n) is 7.99. The predicted octanol–water partition coefficient (Wildman–Crippen LogP) is 4.49. The summed E-state index contributed by atoms with van der Waals surface area (Å²) in [5.74, 6) is -0.175. The van der Waals surface area contributed by atoms with Crippen LogP contribution in [0.5, 0.6) is 0 Å². The Bertz CT molecular complexity index is 1420. The van der Waals surface area contributed by atoms with Crippen LogP contribution in [0, 0.1) is 12.7 Å². The fourth-order valence-corrected chi connectivity index (χ4v) is 4.89. The Hall–Kier alpha value is -3.56. The first-order chi connectivity index (χ1) is 16.3. The van der Waals surface area contributed by atoms with Gasteiger partial charge in [0.2, 0.25) is 15.9 Å². The minimum atomic E-state index is -3.76. The van der Waals surface area contributed by atoms with Gasteiger partial charge in [0.1, 0.15) is 23.0 Å². The summed E-state index contributed by atoms with van der Waals surface area (Å²) in [6, 6.07) is 18.1. The Morgan fingerprint density at radius 2 is 1.76 bits per heavy atom. The van der Waals surface area contributed by atoms with Crippen molar-refractivity contribution < 1.29 is 17.6 Å². The largest absolute Gasteiger partial charge is 0.310 e. The standard InChI is InChI=1S/C25H25FN4O3S/c1-18-8-6-17-30-24(18)28-23(19-9-4-3-5-10-19)25(30)27-22(31)11-7-16-29(2)34(32,33)21-14-12-20(26)13-15-21/h3-6,8-10,12-15,17H,7,11,16H2,1-2H3,(H,27,31). The number of rotatable bonds is 8. The van der Waals surface area contributed by atoms with Crippen molar-refractivity contribution in [2.24, 2.45) is 0 Å². The molecule has 2 aromatic heterocycles. The number of hydrogen-bond acceptors (Lipinski definition) is 4. The number of fused-ring (bicyclic) bond motifs is 1. The number of anilines is 1. The number of benzene rings is 2.